The van der Waals surface area contributed by atoms with Crippen LogP contribution in [0, 0.1) is 0 Å². The molecule has 2 rings (SSSR count). The van der Waals surface area contributed by atoms with Gasteiger partial charge in [0.1, 0.15) is 12.7 Å². The summed E-state index contributed by atoms with van der Waals surface area (Å²) in [5, 5.41) is 19.5. The van der Waals surface area contributed by atoms with Crippen molar-refractivity contribution in [3.8, 4) is 0 Å². The monoisotopic (exact) mass is 303 g/mol. The number of nitrogens with one attached hydrogen (secondary N) is 2. The molecular weight excluding hydrogens is 282 g/mol. The largest absolute Gasteiger partial charge is 0.388 e. The molecule has 0 fully saturated rings. The van der Waals surface area contributed by atoms with Crippen LogP contribution in [0.3, 0.4) is 0 Å². The van der Waals surface area contributed by atoms with Crippen LogP contribution in [-0.4, -0.2) is 38.5 Å². The first kappa shape index (κ1) is 16.0. The van der Waals surface area contributed by atoms with E-state index in [2.05, 4.69) is 20.7 Å². The van der Waals surface area contributed by atoms with E-state index in [9.17, 15) is 9.90 Å². The predicted molar refractivity (Wildman–Crippen MR) is 82.0 cm³/mol. The number of aromatic nitrogens is 3. The molecule has 1 heterocycles. The number of nitrogens with zero attached hydrogens (tertiary/aromatic N) is 3. The van der Waals surface area contributed by atoms with Gasteiger partial charge in [-0.15, -0.1) is 0 Å². The third-order valence-corrected chi connectivity index (χ3v) is 3.19. The van der Waals surface area contributed by atoms with Crippen LogP contribution in [0.15, 0.2) is 43.0 Å². The molecule has 0 saturated carbocycles. The maximum atomic E-state index is 11.8. The molecule has 2 amide bonds. The number of hydrogen-bond donors (Lipinski definition) is 3. The van der Waals surface area contributed by atoms with E-state index in [0.717, 1.165) is 5.56 Å². The molecule has 0 saturated heterocycles. The number of amides is 2. The summed E-state index contributed by atoms with van der Waals surface area (Å²) in [6.07, 6.45) is 2.95. The number of aliphatic hydroxyl groups excluding tert-OH is 1. The molecule has 0 aliphatic heterocycles. The lowest BCUT2D eigenvalue weighted by atomic mass is 10.1. The van der Waals surface area contributed by atoms with Crippen LogP contribution >= 0.6 is 0 Å². The van der Waals surface area contributed by atoms with Crippen molar-refractivity contribution in [1.29, 1.82) is 0 Å². The summed E-state index contributed by atoms with van der Waals surface area (Å²) < 4.78 is 1.66. The summed E-state index contributed by atoms with van der Waals surface area (Å²) in [7, 11) is 0. The van der Waals surface area contributed by atoms with E-state index < -0.39 is 6.10 Å². The fourth-order valence-electron chi connectivity index (χ4n) is 2.09. The summed E-state index contributed by atoms with van der Waals surface area (Å²) in [5.74, 6) is 0. The van der Waals surface area contributed by atoms with Crippen LogP contribution in [0.25, 0.3) is 0 Å². The van der Waals surface area contributed by atoms with Crippen LogP contribution in [0.4, 0.5) is 4.79 Å². The molecule has 0 aliphatic rings. The molecule has 3 N–H and O–H groups in total. The first-order valence-corrected chi connectivity index (χ1v) is 7.25. The van der Waals surface area contributed by atoms with E-state index in [1.807, 2.05) is 37.3 Å². The van der Waals surface area contributed by atoms with E-state index in [1.54, 1.807) is 11.0 Å². The fourth-order valence-corrected chi connectivity index (χ4v) is 2.09. The highest BCUT2D eigenvalue weighted by Gasteiger charge is 2.10. The summed E-state index contributed by atoms with van der Waals surface area (Å²) in [4.78, 5) is 15.6. The molecule has 0 radical (unpaired) electrons. The molecule has 1 aromatic carbocycles. The van der Waals surface area contributed by atoms with Crippen LogP contribution < -0.4 is 10.6 Å². The number of aliphatic hydroxyl groups is 1. The normalized spacial score (nSPS) is 13.4. The Balaban J connectivity index is 1.65. The zero-order chi connectivity index (χ0) is 15.8. The minimum absolute atomic E-state index is 0.0688. The molecule has 2 unspecified atom stereocenters. The Bertz CT molecular complexity index is 559. The first-order chi connectivity index (χ1) is 10.6. The standard InChI is InChI=1S/C15H21N5O2/c1-12(9-20-11-16-10-18-20)19-15(22)17-8-7-14(21)13-5-3-2-4-6-13/h2-6,10-12,14,21H,7-9H2,1H3,(H2,17,19,22). The van der Waals surface area contributed by atoms with E-state index in [0.29, 0.717) is 19.5 Å². The number of carbonyl (C=O) groups is 1. The van der Waals surface area contributed by atoms with E-state index in [-0.39, 0.29) is 12.1 Å². The van der Waals surface area contributed by atoms with E-state index >= 15 is 0 Å². The van der Waals surface area contributed by atoms with Crippen LogP contribution in [0.5, 0.6) is 0 Å². The average molecular weight is 303 g/mol. The van der Waals surface area contributed by atoms with E-state index in [1.165, 1.54) is 6.33 Å². The molecule has 1 aromatic heterocycles. The second-order valence-electron chi connectivity index (χ2n) is 5.13. The SMILES string of the molecule is CC(Cn1cncn1)NC(=O)NCCC(O)c1ccccc1. The second-order valence-corrected chi connectivity index (χ2v) is 5.13. The number of benzene rings is 1. The van der Waals surface area contributed by atoms with Gasteiger partial charge in [-0.1, -0.05) is 30.3 Å². The van der Waals surface area contributed by atoms with Gasteiger partial charge in [0.05, 0.1) is 12.6 Å². The zero-order valence-electron chi connectivity index (χ0n) is 12.5. The molecule has 22 heavy (non-hydrogen) atoms. The summed E-state index contributed by atoms with van der Waals surface area (Å²) >= 11 is 0. The Morgan fingerprint density at radius 1 is 1.36 bits per heavy atom. The minimum Gasteiger partial charge on any atom is -0.388 e. The van der Waals surface area contributed by atoms with Crippen LogP contribution in [-0.2, 0) is 6.54 Å². The first-order valence-electron chi connectivity index (χ1n) is 7.25. The van der Waals surface area contributed by atoms with Gasteiger partial charge in [-0.2, -0.15) is 5.10 Å². The summed E-state index contributed by atoms with van der Waals surface area (Å²) in [5.41, 5.74) is 0.851. The Kier molecular flexibility index (Phi) is 5.91. The van der Waals surface area contributed by atoms with Crippen LogP contribution in [0.1, 0.15) is 25.0 Å². The molecular formula is C15H21N5O2. The van der Waals surface area contributed by atoms with Gasteiger partial charge in [-0.05, 0) is 18.9 Å². The summed E-state index contributed by atoms with van der Waals surface area (Å²) in [6, 6.07) is 9.07. The maximum Gasteiger partial charge on any atom is 0.315 e. The number of urea groups is 1. The smallest absolute Gasteiger partial charge is 0.315 e. The molecule has 7 heteroatoms. The number of carbonyl (C=O) groups excluding carboxylic acids is 1. The summed E-state index contributed by atoms with van der Waals surface area (Å²) in [6.45, 7) is 2.85. The Morgan fingerprint density at radius 3 is 2.82 bits per heavy atom. The lowest BCUT2D eigenvalue weighted by Crippen LogP contribution is -2.43. The zero-order valence-corrected chi connectivity index (χ0v) is 12.5. The number of hydrogen-bond acceptors (Lipinski definition) is 4. The quantitative estimate of drug-likeness (QED) is 0.714. The molecule has 7 nitrogen and oxygen atoms in total. The van der Waals surface area contributed by atoms with Crippen molar-refractivity contribution < 1.29 is 9.90 Å². The van der Waals surface area contributed by atoms with Gasteiger partial charge in [0.25, 0.3) is 0 Å². The lowest BCUT2D eigenvalue weighted by molar-refractivity contribution is 0.166. The molecule has 2 aromatic rings. The second kappa shape index (κ2) is 8.14. The van der Waals surface area contributed by atoms with Gasteiger partial charge >= 0.3 is 6.03 Å². The van der Waals surface area contributed by atoms with Crippen molar-refractivity contribution in [2.24, 2.45) is 0 Å². The van der Waals surface area contributed by atoms with Gasteiger partial charge in [0.2, 0.25) is 0 Å². The van der Waals surface area contributed by atoms with Crippen LogP contribution in [0.2, 0.25) is 0 Å². The maximum absolute atomic E-state index is 11.8. The van der Waals surface area contributed by atoms with Gasteiger partial charge < -0.3 is 15.7 Å². The average Bonchev–Trinajstić information content (AvgIpc) is 3.00. The molecule has 2 atom stereocenters. The van der Waals surface area contributed by atoms with Gasteiger partial charge in [-0.3, -0.25) is 4.68 Å². The van der Waals surface area contributed by atoms with E-state index in [4.69, 9.17) is 0 Å². The Hall–Kier alpha value is -2.41. The Morgan fingerprint density at radius 2 is 2.14 bits per heavy atom. The molecule has 0 bridgehead atoms. The highest BCUT2D eigenvalue weighted by Crippen LogP contribution is 2.14. The number of rotatable bonds is 7. The van der Waals surface area contributed by atoms with Gasteiger partial charge in [0, 0.05) is 12.6 Å². The third kappa shape index (κ3) is 5.17. The topological polar surface area (TPSA) is 92.1 Å². The van der Waals surface area contributed by atoms with Crippen molar-refractivity contribution in [2.75, 3.05) is 6.54 Å². The fraction of sp³-hybridized carbons (Fsp3) is 0.400. The van der Waals surface area contributed by atoms with Gasteiger partial charge in [0.15, 0.2) is 0 Å². The van der Waals surface area contributed by atoms with Crippen molar-refractivity contribution in [2.45, 2.75) is 32.0 Å². The lowest BCUT2D eigenvalue weighted by Gasteiger charge is -2.15. The predicted octanol–water partition coefficient (Wildman–Crippen LogP) is 1.09. The molecule has 0 aliphatic carbocycles. The van der Waals surface area contributed by atoms with Gasteiger partial charge in [-0.25, -0.2) is 9.78 Å². The Labute approximate surface area is 129 Å². The van der Waals surface area contributed by atoms with Crippen molar-refractivity contribution in [3.05, 3.63) is 48.5 Å². The van der Waals surface area contributed by atoms with Crippen molar-refractivity contribution >= 4 is 6.03 Å². The molecule has 0 spiro atoms. The van der Waals surface area contributed by atoms with Crippen molar-refractivity contribution in [1.82, 2.24) is 25.4 Å². The molecule has 118 valence electrons. The third-order valence-electron chi connectivity index (χ3n) is 3.19. The highest BCUT2D eigenvalue weighted by molar-refractivity contribution is 5.74. The van der Waals surface area contributed by atoms with Crippen molar-refractivity contribution in [3.63, 3.8) is 0 Å². The highest BCUT2D eigenvalue weighted by atomic mass is 16.3. The minimum atomic E-state index is -0.575.